The number of aromatic nitrogens is 2. The molecule has 146 valence electrons. The lowest BCUT2D eigenvalue weighted by Crippen LogP contribution is -2.42. The zero-order valence-electron chi connectivity index (χ0n) is 16.6. The maximum absolute atomic E-state index is 13.1. The summed E-state index contributed by atoms with van der Waals surface area (Å²) in [5.41, 5.74) is 4.59. The van der Waals surface area contributed by atoms with Crippen LogP contribution in [0.3, 0.4) is 0 Å². The summed E-state index contributed by atoms with van der Waals surface area (Å²) < 4.78 is 5.39. The van der Waals surface area contributed by atoms with Crippen LogP contribution in [-0.4, -0.2) is 35.7 Å². The van der Waals surface area contributed by atoms with Gasteiger partial charge in [0.25, 0.3) is 11.6 Å². The third kappa shape index (κ3) is 3.64. The number of piperidine rings is 1. The van der Waals surface area contributed by atoms with Gasteiger partial charge >= 0.3 is 0 Å². The molecule has 0 saturated carbocycles. The molecule has 2 aromatic heterocycles. The first kappa shape index (κ1) is 18.6. The fourth-order valence-electron chi connectivity index (χ4n) is 3.74. The zero-order valence-corrected chi connectivity index (χ0v) is 16.6. The van der Waals surface area contributed by atoms with Crippen molar-refractivity contribution in [3.8, 4) is 11.3 Å². The molecule has 28 heavy (non-hydrogen) atoms. The van der Waals surface area contributed by atoms with E-state index < -0.39 is 0 Å². The van der Waals surface area contributed by atoms with Crippen molar-refractivity contribution in [2.75, 3.05) is 19.6 Å². The Labute approximate surface area is 164 Å². The number of carbonyl (C=O) groups is 1. The third-order valence-corrected chi connectivity index (χ3v) is 5.70. The number of fused-ring (bicyclic) bond motifs is 1. The number of pyridine rings is 1. The average molecular weight is 378 g/mol. The van der Waals surface area contributed by atoms with Gasteiger partial charge in [-0.2, -0.15) is 0 Å². The summed E-state index contributed by atoms with van der Waals surface area (Å²) in [5, 5.41) is 11.2. The maximum Gasteiger partial charge on any atom is 0.259 e. The molecule has 4 rings (SSSR count). The third-order valence-electron chi connectivity index (χ3n) is 5.70. The van der Waals surface area contributed by atoms with Gasteiger partial charge in [-0.05, 0) is 51.3 Å². The van der Waals surface area contributed by atoms with E-state index in [-0.39, 0.29) is 11.3 Å². The molecule has 0 bridgehead atoms. The Bertz CT molecular complexity index is 1000. The Hall–Kier alpha value is -2.73. The first-order chi connectivity index (χ1) is 13.5. The standard InChI is InChI=1S/C22H26N4O2/c1-14-4-6-16(7-5-14)18-12-17(19-15(2)26-28-21(19)25-18)20(27)24-13-22(3)8-10-23-11-9-22/h4-7,12,23H,8-11,13H2,1-3H3,(H,24,27). The molecule has 6 heteroatoms. The van der Waals surface area contributed by atoms with E-state index in [1.165, 1.54) is 5.56 Å². The lowest BCUT2D eigenvalue weighted by atomic mass is 9.81. The largest absolute Gasteiger partial charge is 0.351 e. The molecular weight excluding hydrogens is 352 g/mol. The van der Waals surface area contributed by atoms with Crippen LogP contribution in [0.4, 0.5) is 0 Å². The number of benzene rings is 1. The monoisotopic (exact) mass is 378 g/mol. The topological polar surface area (TPSA) is 80.0 Å². The molecule has 0 atom stereocenters. The second kappa shape index (κ2) is 7.36. The van der Waals surface area contributed by atoms with Gasteiger partial charge in [-0.25, -0.2) is 4.98 Å². The first-order valence-electron chi connectivity index (χ1n) is 9.78. The molecule has 0 aliphatic carbocycles. The number of nitrogens with one attached hydrogen (secondary N) is 2. The minimum Gasteiger partial charge on any atom is -0.351 e. The molecule has 2 N–H and O–H groups in total. The fraction of sp³-hybridized carbons (Fsp3) is 0.409. The predicted octanol–water partition coefficient (Wildman–Crippen LogP) is 3.63. The van der Waals surface area contributed by atoms with E-state index in [9.17, 15) is 4.79 Å². The fourth-order valence-corrected chi connectivity index (χ4v) is 3.74. The van der Waals surface area contributed by atoms with E-state index in [4.69, 9.17) is 4.52 Å². The number of hydrogen-bond donors (Lipinski definition) is 2. The lowest BCUT2D eigenvalue weighted by molar-refractivity contribution is 0.0924. The van der Waals surface area contributed by atoms with Crippen LogP contribution < -0.4 is 10.6 Å². The van der Waals surface area contributed by atoms with Gasteiger partial charge in [-0.3, -0.25) is 4.79 Å². The predicted molar refractivity (Wildman–Crippen MR) is 109 cm³/mol. The number of hydrogen-bond acceptors (Lipinski definition) is 5. The Morgan fingerprint density at radius 1 is 1.21 bits per heavy atom. The molecule has 3 heterocycles. The van der Waals surface area contributed by atoms with Crippen LogP contribution in [0.5, 0.6) is 0 Å². The summed E-state index contributed by atoms with van der Waals surface area (Å²) in [6.45, 7) is 8.76. The molecule has 6 nitrogen and oxygen atoms in total. The highest BCUT2D eigenvalue weighted by Gasteiger charge is 2.28. The molecule has 1 saturated heterocycles. The lowest BCUT2D eigenvalue weighted by Gasteiger charge is -2.34. The van der Waals surface area contributed by atoms with Gasteiger partial charge in [0.2, 0.25) is 0 Å². The van der Waals surface area contributed by atoms with Crippen molar-refractivity contribution in [3.05, 3.63) is 47.2 Å². The van der Waals surface area contributed by atoms with Gasteiger partial charge in [-0.15, -0.1) is 0 Å². The van der Waals surface area contributed by atoms with Gasteiger partial charge in [0.15, 0.2) is 0 Å². The maximum atomic E-state index is 13.1. The minimum atomic E-state index is -0.105. The van der Waals surface area contributed by atoms with Crippen LogP contribution in [0.1, 0.15) is 41.4 Å². The quantitative estimate of drug-likeness (QED) is 0.725. The summed E-state index contributed by atoms with van der Waals surface area (Å²) in [6, 6.07) is 9.92. The van der Waals surface area contributed by atoms with E-state index in [2.05, 4.69) is 27.7 Å². The molecule has 1 aliphatic heterocycles. The molecule has 3 aromatic rings. The summed E-state index contributed by atoms with van der Waals surface area (Å²) in [5.74, 6) is -0.105. The Morgan fingerprint density at radius 2 is 1.93 bits per heavy atom. The van der Waals surface area contributed by atoms with Gasteiger partial charge in [0.05, 0.1) is 22.3 Å². The Morgan fingerprint density at radius 3 is 2.64 bits per heavy atom. The van der Waals surface area contributed by atoms with Crippen LogP contribution in [0.2, 0.25) is 0 Å². The van der Waals surface area contributed by atoms with Crippen molar-refractivity contribution < 1.29 is 9.32 Å². The molecular formula is C22H26N4O2. The molecule has 1 aromatic carbocycles. The van der Waals surface area contributed by atoms with Gasteiger partial charge < -0.3 is 15.2 Å². The van der Waals surface area contributed by atoms with Crippen LogP contribution in [-0.2, 0) is 0 Å². The highest BCUT2D eigenvalue weighted by atomic mass is 16.5. The summed E-state index contributed by atoms with van der Waals surface area (Å²) >= 11 is 0. The number of carbonyl (C=O) groups excluding carboxylic acids is 1. The molecule has 1 amide bonds. The number of rotatable bonds is 4. The highest BCUT2D eigenvalue weighted by molar-refractivity contribution is 6.07. The van der Waals surface area contributed by atoms with Crippen molar-refractivity contribution in [2.24, 2.45) is 5.41 Å². The van der Waals surface area contributed by atoms with Gasteiger partial charge in [0, 0.05) is 12.1 Å². The van der Waals surface area contributed by atoms with Crippen molar-refractivity contribution in [3.63, 3.8) is 0 Å². The van der Waals surface area contributed by atoms with E-state index in [0.29, 0.717) is 34.6 Å². The summed E-state index contributed by atoms with van der Waals surface area (Å²) in [6.07, 6.45) is 2.11. The van der Waals surface area contributed by atoms with Crippen molar-refractivity contribution >= 4 is 17.0 Å². The zero-order chi connectivity index (χ0) is 19.7. The Balaban J connectivity index is 1.67. The molecule has 1 fully saturated rings. The second-order valence-electron chi connectivity index (χ2n) is 8.11. The van der Waals surface area contributed by atoms with Gasteiger partial charge in [-0.1, -0.05) is 41.9 Å². The van der Waals surface area contributed by atoms with Gasteiger partial charge in [0.1, 0.15) is 0 Å². The summed E-state index contributed by atoms with van der Waals surface area (Å²) in [7, 11) is 0. The number of aryl methyl sites for hydroxylation is 2. The number of amides is 1. The van der Waals surface area contributed by atoms with Crippen molar-refractivity contribution in [1.82, 2.24) is 20.8 Å². The molecule has 0 radical (unpaired) electrons. The average Bonchev–Trinajstić information content (AvgIpc) is 3.08. The van der Waals surface area contributed by atoms with Crippen LogP contribution >= 0.6 is 0 Å². The highest BCUT2D eigenvalue weighted by Crippen LogP contribution is 2.29. The molecule has 0 spiro atoms. The van der Waals surface area contributed by atoms with E-state index >= 15 is 0 Å². The first-order valence-corrected chi connectivity index (χ1v) is 9.78. The number of nitrogens with zero attached hydrogens (tertiary/aromatic N) is 2. The van der Waals surface area contributed by atoms with Crippen molar-refractivity contribution in [1.29, 1.82) is 0 Å². The van der Waals surface area contributed by atoms with Crippen molar-refractivity contribution in [2.45, 2.75) is 33.6 Å². The van der Waals surface area contributed by atoms with Crippen LogP contribution in [0.25, 0.3) is 22.4 Å². The second-order valence-corrected chi connectivity index (χ2v) is 8.11. The molecule has 1 aliphatic rings. The van der Waals surface area contributed by atoms with Crippen LogP contribution in [0, 0.1) is 19.3 Å². The smallest absolute Gasteiger partial charge is 0.259 e. The van der Waals surface area contributed by atoms with E-state index in [0.717, 1.165) is 31.5 Å². The van der Waals surface area contributed by atoms with E-state index in [1.807, 2.05) is 44.2 Å². The molecule has 0 unspecified atom stereocenters. The Kier molecular flexibility index (Phi) is 4.89. The normalized spacial score (nSPS) is 16.2. The minimum absolute atomic E-state index is 0.105. The van der Waals surface area contributed by atoms with E-state index in [1.54, 1.807) is 0 Å². The summed E-state index contributed by atoms with van der Waals surface area (Å²) in [4.78, 5) is 17.7. The van der Waals surface area contributed by atoms with Crippen LogP contribution in [0.15, 0.2) is 34.9 Å². The SMILES string of the molecule is Cc1ccc(-c2cc(C(=O)NCC3(C)CCNCC3)c3c(C)noc3n2)cc1.